The fourth-order valence-electron chi connectivity index (χ4n) is 4.98. The van der Waals surface area contributed by atoms with Crippen molar-refractivity contribution < 1.29 is 45.0 Å². The second kappa shape index (κ2) is 15.7. The lowest BCUT2D eigenvalue weighted by atomic mass is 10.1. The molecule has 6 rings (SSSR count). The lowest BCUT2D eigenvalue weighted by Crippen LogP contribution is -2.19. The van der Waals surface area contributed by atoms with Crippen LogP contribution >= 0.6 is 0 Å². The number of nitrogens with one attached hydrogen (secondary N) is 4. The molecule has 0 spiro atoms. The van der Waals surface area contributed by atoms with E-state index in [1.54, 1.807) is 36.4 Å². The fourth-order valence-corrected chi connectivity index (χ4v) is 6.83. The van der Waals surface area contributed by atoms with Crippen LogP contribution in [0.15, 0.2) is 155 Å². The molecule has 0 atom stereocenters. The number of rotatable bonds is 11. The van der Waals surface area contributed by atoms with Crippen LogP contribution in [-0.4, -0.2) is 39.1 Å². The second-order valence-electron chi connectivity index (χ2n) is 11.4. The Hall–Kier alpha value is -7.04. The number of phenolic OH excluding ortho intramolecular Hbond substituents is 2. The van der Waals surface area contributed by atoms with Gasteiger partial charge in [-0.2, -0.15) is 16.8 Å². The molecule has 16 heteroatoms. The van der Waals surface area contributed by atoms with Gasteiger partial charge in [0.2, 0.25) is 0 Å². The van der Waals surface area contributed by atoms with Crippen LogP contribution in [0, 0.1) is 0 Å². The third-order valence-corrected chi connectivity index (χ3v) is 9.95. The maximum absolute atomic E-state index is 13.1. The summed E-state index contributed by atoms with van der Waals surface area (Å²) < 4.78 is 62.8. The molecule has 0 unspecified atom stereocenters. The van der Waals surface area contributed by atoms with Crippen LogP contribution in [0.5, 0.6) is 23.0 Å². The van der Waals surface area contributed by atoms with Gasteiger partial charge in [0.1, 0.15) is 32.8 Å². The van der Waals surface area contributed by atoms with Crippen LogP contribution in [0.25, 0.3) is 11.1 Å². The molecule has 4 amide bonds. The van der Waals surface area contributed by atoms with Crippen molar-refractivity contribution in [2.24, 2.45) is 0 Å². The van der Waals surface area contributed by atoms with Gasteiger partial charge in [0.05, 0.1) is 0 Å². The van der Waals surface area contributed by atoms with Gasteiger partial charge in [-0.25, -0.2) is 9.59 Å². The average Bonchev–Trinajstić information content (AvgIpc) is 3.11. The van der Waals surface area contributed by atoms with Crippen LogP contribution in [0.4, 0.5) is 32.3 Å². The van der Waals surface area contributed by atoms with Gasteiger partial charge < -0.3 is 39.8 Å². The number of benzene rings is 6. The SMILES string of the molecule is O=C(Nc1cccc(O)c1)Nc1cccc(OS(=O)(=O)c2ccc(-c3ccc(S(=O)(=O)Oc4cccc(NC(=O)Nc5cccc(O)c5)c4)cc3)cc2)c1. The van der Waals surface area contributed by atoms with Gasteiger partial charge in [-0.05, 0) is 83.9 Å². The van der Waals surface area contributed by atoms with E-state index in [0.717, 1.165) is 0 Å². The third-order valence-electron chi connectivity index (χ3n) is 7.42. The van der Waals surface area contributed by atoms with Crippen molar-refractivity contribution in [2.45, 2.75) is 9.79 Å². The lowest BCUT2D eigenvalue weighted by molar-refractivity contribution is 0.261. The van der Waals surface area contributed by atoms with E-state index in [4.69, 9.17) is 8.37 Å². The molecule has 0 aliphatic carbocycles. The number of hydrogen-bond donors (Lipinski definition) is 6. The first kappa shape index (κ1) is 36.7. The predicted molar refractivity (Wildman–Crippen MR) is 202 cm³/mol. The Morgan fingerprint density at radius 3 is 1.07 bits per heavy atom. The van der Waals surface area contributed by atoms with Crippen LogP contribution in [-0.2, 0) is 20.2 Å². The minimum Gasteiger partial charge on any atom is -0.508 e. The van der Waals surface area contributed by atoms with Gasteiger partial charge in [0.15, 0.2) is 0 Å². The lowest BCUT2D eigenvalue weighted by Gasteiger charge is -2.11. The minimum atomic E-state index is -4.28. The Labute approximate surface area is 309 Å². The number of phenols is 2. The maximum atomic E-state index is 13.1. The molecule has 0 saturated heterocycles. The Kier molecular flexibility index (Phi) is 10.7. The monoisotopic (exact) mass is 766 g/mol. The molecule has 0 heterocycles. The van der Waals surface area contributed by atoms with Crippen LogP contribution in [0.2, 0.25) is 0 Å². The van der Waals surface area contributed by atoms with Crippen LogP contribution in [0.3, 0.4) is 0 Å². The molecule has 6 aromatic rings. The molecule has 14 nitrogen and oxygen atoms in total. The van der Waals surface area contributed by atoms with Gasteiger partial charge in [-0.15, -0.1) is 0 Å². The minimum absolute atomic E-state index is 0.0250. The Bertz CT molecular complexity index is 2370. The molecule has 274 valence electrons. The smallest absolute Gasteiger partial charge is 0.339 e. The maximum Gasteiger partial charge on any atom is 0.339 e. The normalized spacial score (nSPS) is 11.2. The van der Waals surface area contributed by atoms with Crippen molar-refractivity contribution in [2.75, 3.05) is 21.3 Å². The number of urea groups is 2. The molecule has 6 N–H and O–H groups in total. The van der Waals surface area contributed by atoms with Crippen molar-refractivity contribution in [1.82, 2.24) is 0 Å². The van der Waals surface area contributed by atoms with E-state index >= 15 is 0 Å². The van der Waals surface area contributed by atoms with Gasteiger partial charge in [0.25, 0.3) is 0 Å². The second-order valence-corrected chi connectivity index (χ2v) is 14.5. The van der Waals surface area contributed by atoms with E-state index in [-0.39, 0.29) is 44.2 Å². The number of aromatic hydroxyl groups is 2. The molecular formula is C38H30N4O10S2. The first-order valence-electron chi connectivity index (χ1n) is 15.9. The first-order valence-corrected chi connectivity index (χ1v) is 18.7. The number of hydrogen-bond acceptors (Lipinski definition) is 10. The molecule has 0 radical (unpaired) electrons. The topological polar surface area (TPSA) is 209 Å². The van der Waals surface area contributed by atoms with E-state index in [2.05, 4.69) is 21.3 Å². The van der Waals surface area contributed by atoms with E-state index < -0.39 is 32.3 Å². The highest BCUT2D eigenvalue weighted by molar-refractivity contribution is 7.87. The Morgan fingerprint density at radius 2 is 0.741 bits per heavy atom. The van der Waals surface area contributed by atoms with Gasteiger partial charge in [-0.3, -0.25) is 0 Å². The number of carbonyl (C=O) groups excluding carboxylic acids is 2. The number of anilines is 4. The zero-order valence-corrected chi connectivity index (χ0v) is 29.5. The summed E-state index contributed by atoms with van der Waals surface area (Å²) in [6.07, 6.45) is 0. The molecule has 0 aromatic heterocycles. The molecule has 0 fully saturated rings. The molecule has 54 heavy (non-hydrogen) atoms. The summed E-state index contributed by atoms with van der Waals surface area (Å²) in [5.41, 5.74) is 2.39. The summed E-state index contributed by atoms with van der Waals surface area (Å²) in [4.78, 5) is 24.5. The molecule has 0 bridgehead atoms. The molecule has 0 aliphatic heterocycles. The van der Waals surface area contributed by atoms with Crippen LogP contribution < -0.4 is 29.6 Å². The van der Waals surface area contributed by atoms with E-state index in [1.165, 1.54) is 109 Å². The van der Waals surface area contributed by atoms with E-state index in [0.29, 0.717) is 22.5 Å². The predicted octanol–water partition coefficient (Wildman–Crippen LogP) is 7.59. The number of carbonyl (C=O) groups is 2. The van der Waals surface area contributed by atoms with Gasteiger partial charge in [0, 0.05) is 47.0 Å². The summed E-state index contributed by atoms with van der Waals surface area (Å²) in [7, 11) is -8.56. The molecular weight excluding hydrogens is 737 g/mol. The summed E-state index contributed by atoms with van der Waals surface area (Å²) in [5.74, 6) is -0.149. The summed E-state index contributed by atoms with van der Waals surface area (Å²) >= 11 is 0. The zero-order valence-electron chi connectivity index (χ0n) is 27.8. The highest BCUT2D eigenvalue weighted by Crippen LogP contribution is 2.28. The van der Waals surface area contributed by atoms with E-state index in [1.807, 2.05) is 0 Å². The highest BCUT2D eigenvalue weighted by atomic mass is 32.2. The highest BCUT2D eigenvalue weighted by Gasteiger charge is 2.20. The number of amides is 4. The fraction of sp³-hybridized carbons (Fsp3) is 0. The molecule has 6 aromatic carbocycles. The first-order chi connectivity index (χ1) is 25.8. The Balaban J connectivity index is 1.06. The Morgan fingerprint density at radius 1 is 0.426 bits per heavy atom. The van der Waals surface area contributed by atoms with Gasteiger partial charge in [-0.1, -0.05) is 48.5 Å². The zero-order chi connectivity index (χ0) is 38.3. The quantitative estimate of drug-likeness (QED) is 0.0712. The largest absolute Gasteiger partial charge is 0.508 e. The average molecular weight is 767 g/mol. The van der Waals surface area contributed by atoms with Crippen molar-refractivity contribution in [1.29, 1.82) is 0 Å². The summed E-state index contributed by atoms with van der Waals surface area (Å²) in [5, 5.41) is 29.4. The van der Waals surface area contributed by atoms with Crippen LogP contribution in [0.1, 0.15) is 0 Å². The molecule has 0 aliphatic rings. The summed E-state index contributed by atoms with van der Waals surface area (Å²) in [6.45, 7) is 0. The third kappa shape index (κ3) is 9.64. The van der Waals surface area contributed by atoms with E-state index in [9.17, 15) is 36.6 Å². The van der Waals surface area contributed by atoms with Crippen molar-refractivity contribution in [3.63, 3.8) is 0 Å². The standard InChI is InChI=1S/C38H30N4O10S2/c43-31-9-1-5-27(21-31)39-37(45)41-29-7-3-11-33(23-29)51-53(47,48)35-17-13-25(14-18-35)26-15-19-36(20-16-26)54(49,50)52-34-12-4-8-30(24-34)42-38(46)40-28-6-2-10-32(44)22-28/h1-24,43-44H,(H2,39,41,45)(H2,40,42,46). The van der Waals surface area contributed by atoms with Crippen molar-refractivity contribution in [3.05, 3.63) is 146 Å². The summed E-state index contributed by atoms with van der Waals surface area (Å²) in [6, 6.07) is 33.8. The van der Waals surface area contributed by atoms with Crippen molar-refractivity contribution >= 4 is 55.0 Å². The van der Waals surface area contributed by atoms with Gasteiger partial charge >= 0.3 is 32.3 Å². The molecule has 0 saturated carbocycles. The van der Waals surface area contributed by atoms with Crippen molar-refractivity contribution in [3.8, 4) is 34.1 Å².